The van der Waals surface area contributed by atoms with Gasteiger partial charge in [0, 0.05) is 39.9 Å². The molecule has 0 aromatic heterocycles. The molecule has 52 valence electrons. The van der Waals surface area contributed by atoms with Crippen LogP contribution in [0.25, 0.3) is 0 Å². The molecule has 0 nitrogen and oxygen atoms in total. The van der Waals surface area contributed by atoms with E-state index in [4.69, 9.17) is 0 Å². The second kappa shape index (κ2) is 294. The van der Waals surface area contributed by atoms with Gasteiger partial charge in [0.05, 0.1) is 0 Å². The molecular formula is H6F6Th. The zero-order chi connectivity index (χ0) is 0. The molecule has 7 heavy (non-hydrogen) atoms. The van der Waals surface area contributed by atoms with Gasteiger partial charge in [0.2, 0.25) is 0 Å². The monoisotopic (exact) mass is 352 g/mol. The molecule has 0 bridgehead atoms. The van der Waals surface area contributed by atoms with Crippen LogP contribution in [-0.4, -0.2) is 0 Å². The minimum Gasteiger partial charge on any atom is -0.269 e. The first-order valence-corrected chi connectivity index (χ1v) is 0. The minimum atomic E-state index is 0. The molecule has 0 rings (SSSR count). The van der Waals surface area contributed by atoms with Crippen LogP contribution < -0.4 is 0 Å². The van der Waals surface area contributed by atoms with Crippen molar-refractivity contribution in [2.24, 2.45) is 0 Å². The number of rotatable bonds is 0. The number of hydrogen-bond acceptors (Lipinski definition) is 0. The third-order valence-corrected chi connectivity index (χ3v) is 0. The topological polar surface area (TPSA) is 0 Å². The van der Waals surface area contributed by atoms with E-state index in [9.17, 15) is 0 Å². The third kappa shape index (κ3) is 203. The van der Waals surface area contributed by atoms with Crippen LogP contribution in [0.15, 0.2) is 0 Å². The van der Waals surface area contributed by atoms with E-state index in [1.807, 2.05) is 0 Å². The Morgan fingerprint density at radius 2 is 0.286 bits per heavy atom. The van der Waals surface area contributed by atoms with Gasteiger partial charge in [-0.15, -0.1) is 0 Å². The molecule has 0 heterocycles. The molecule has 0 radical (unpaired) electrons. The summed E-state index contributed by atoms with van der Waals surface area (Å²) < 4.78 is 0. The minimum absolute atomic E-state index is 0. The normalized spacial score (nSPS) is 0. The maximum absolute atomic E-state index is 0. The first-order chi connectivity index (χ1) is 0. The molecule has 0 aromatic rings. The summed E-state index contributed by atoms with van der Waals surface area (Å²) in [6, 6.07) is 0. The molecular weight excluding hydrogens is 346 g/mol. The van der Waals surface area contributed by atoms with Crippen LogP contribution >= 0.6 is 0 Å². The Kier molecular flexibility index (Phi) is 19300. The molecule has 0 aliphatic carbocycles. The van der Waals surface area contributed by atoms with Crippen molar-refractivity contribution in [1.82, 2.24) is 0 Å². The van der Waals surface area contributed by atoms with Crippen LogP contribution in [0.3, 0.4) is 0 Å². The number of halogens is 6. The summed E-state index contributed by atoms with van der Waals surface area (Å²) in [6.07, 6.45) is 0. The van der Waals surface area contributed by atoms with E-state index in [1.54, 1.807) is 0 Å². The molecule has 0 amide bonds. The van der Waals surface area contributed by atoms with Gasteiger partial charge in [0.15, 0.2) is 0 Å². The van der Waals surface area contributed by atoms with Crippen LogP contribution in [0.4, 0.5) is 28.2 Å². The molecule has 0 N–H and O–H groups in total. The second-order valence-corrected chi connectivity index (χ2v) is 0. The van der Waals surface area contributed by atoms with Crippen molar-refractivity contribution in [3.63, 3.8) is 0 Å². The van der Waals surface area contributed by atoms with Crippen molar-refractivity contribution in [1.29, 1.82) is 0 Å². The van der Waals surface area contributed by atoms with Crippen LogP contribution in [0.2, 0.25) is 0 Å². The van der Waals surface area contributed by atoms with Crippen molar-refractivity contribution < 1.29 is 68.2 Å². The van der Waals surface area contributed by atoms with Gasteiger partial charge in [-0.1, -0.05) is 0 Å². The summed E-state index contributed by atoms with van der Waals surface area (Å²) in [7, 11) is 0. The molecule has 0 spiro atoms. The van der Waals surface area contributed by atoms with Gasteiger partial charge in [-0.25, -0.2) is 0 Å². The molecule has 7 heteroatoms. The standard InChI is InChI=1S/6FH.Th/h6*1H;. The van der Waals surface area contributed by atoms with Crippen molar-refractivity contribution >= 4 is 0 Å². The summed E-state index contributed by atoms with van der Waals surface area (Å²) in [5, 5.41) is 0. The summed E-state index contributed by atoms with van der Waals surface area (Å²) in [5.74, 6) is 0. The smallest absolute Gasteiger partial charge is 0 e. The molecule has 0 saturated carbocycles. The van der Waals surface area contributed by atoms with Crippen LogP contribution in [-0.2, 0) is 0 Å². The van der Waals surface area contributed by atoms with E-state index in [-0.39, 0.29) is 68.2 Å². The van der Waals surface area contributed by atoms with E-state index in [1.165, 1.54) is 0 Å². The Hall–Kier alpha value is 0.905. The molecule has 0 unspecified atom stereocenters. The average Bonchev–Trinajstić information content (AvgIpc) is 0. The van der Waals surface area contributed by atoms with Crippen molar-refractivity contribution in [2.75, 3.05) is 0 Å². The van der Waals surface area contributed by atoms with Gasteiger partial charge >= 0.3 is 0 Å². The Bertz CT molecular complexity index is 4.14. The zero-order valence-corrected chi connectivity index (χ0v) is 7.06. The Morgan fingerprint density at radius 3 is 0.286 bits per heavy atom. The van der Waals surface area contributed by atoms with E-state index >= 15 is 0 Å². The van der Waals surface area contributed by atoms with Crippen molar-refractivity contribution in [2.45, 2.75) is 0 Å². The molecule has 0 aromatic carbocycles. The van der Waals surface area contributed by atoms with E-state index in [0.29, 0.717) is 0 Å². The summed E-state index contributed by atoms with van der Waals surface area (Å²) in [4.78, 5) is 0. The fourth-order valence-electron chi connectivity index (χ4n) is 0. The fourth-order valence-corrected chi connectivity index (χ4v) is 0. The molecule has 0 fully saturated rings. The van der Waals surface area contributed by atoms with Gasteiger partial charge in [-0.3, -0.25) is 28.2 Å². The summed E-state index contributed by atoms with van der Waals surface area (Å²) in [6.45, 7) is 0. The van der Waals surface area contributed by atoms with Gasteiger partial charge in [-0.05, 0) is 0 Å². The van der Waals surface area contributed by atoms with Gasteiger partial charge in [0.1, 0.15) is 0 Å². The average molecular weight is 352 g/mol. The van der Waals surface area contributed by atoms with Crippen LogP contribution in [0, 0.1) is 39.9 Å². The molecule has 0 atom stereocenters. The predicted molar refractivity (Wildman–Crippen MR) is 15.0 cm³/mol. The maximum atomic E-state index is 0. The van der Waals surface area contributed by atoms with Crippen molar-refractivity contribution in [3.05, 3.63) is 0 Å². The predicted octanol–water partition coefficient (Wildman–Crippen LogP) is 0.915. The second-order valence-electron chi connectivity index (χ2n) is 0. The SMILES string of the molecule is F.F.F.F.F.F.[Th]. The number of hydrogen-bond donors (Lipinski definition) is 0. The van der Waals surface area contributed by atoms with Gasteiger partial charge < -0.3 is 0 Å². The quantitative estimate of drug-likeness (QED) is 0.569. The first kappa shape index (κ1) is 460. The van der Waals surface area contributed by atoms with Crippen LogP contribution in [0.1, 0.15) is 0 Å². The van der Waals surface area contributed by atoms with Crippen LogP contribution in [0.5, 0.6) is 0 Å². The van der Waals surface area contributed by atoms with E-state index in [0.717, 1.165) is 0 Å². The van der Waals surface area contributed by atoms with Crippen molar-refractivity contribution in [3.8, 4) is 0 Å². The Morgan fingerprint density at radius 1 is 0.286 bits per heavy atom. The molecule has 0 aliphatic heterocycles. The summed E-state index contributed by atoms with van der Waals surface area (Å²) in [5.41, 5.74) is 0. The van der Waals surface area contributed by atoms with Gasteiger partial charge in [-0.2, -0.15) is 0 Å². The zero-order valence-electron chi connectivity index (χ0n) is 2.95. The largest absolute Gasteiger partial charge is 0.269 e. The van der Waals surface area contributed by atoms with E-state index in [2.05, 4.69) is 0 Å². The first-order valence-electron chi connectivity index (χ1n) is 0. The van der Waals surface area contributed by atoms with Gasteiger partial charge in [0.25, 0.3) is 0 Å². The Balaban J connectivity index is 0. The fraction of sp³-hybridized carbons (Fsp3) is 0. The molecule has 0 saturated heterocycles. The van der Waals surface area contributed by atoms with E-state index < -0.39 is 0 Å². The Labute approximate surface area is 67.9 Å². The molecule has 0 aliphatic rings. The third-order valence-electron chi connectivity index (χ3n) is 0. The summed E-state index contributed by atoms with van der Waals surface area (Å²) >= 11 is 0. The maximum Gasteiger partial charge on any atom is 0 e.